The number of hydrogen-bond donors (Lipinski definition) is 1. The summed E-state index contributed by atoms with van der Waals surface area (Å²) in [4.78, 5) is 11.1. The van der Waals surface area contributed by atoms with Gasteiger partial charge in [0.15, 0.2) is 0 Å². The highest BCUT2D eigenvalue weighted by Gasteiger charge is 2.38. The highest BCUT2D eigenvalue weighted by molar-refractivity contribution is 5.32. The number of hydrogen-bond acceptors (Lipinski definition) is 5. The molecule has 0 unspecified atom stereocenters. The number of nitrogens with two attached hydrogens (primary N) is 1. The van der Waals surface area contributed by atoms with Crippen molar-refractivity contribution in [1.29, 1.82) is 0 Å². The van der Waals surface area contributed by atoms with E-state index in [-0.39, 0.29) is 11.2 Å². The van der Waals surface area contributed by atoms with Crippen LogP contribution in [0.3, 0.4) is 0 Å². The van der Waals surface area contributed by atoms with E-state index in [1.165, 1.54) is 0 Å². The smallest absolute Gasteiger partial charge is 0.225 e. The average molecular weight is 264 g/mol. The number of morpholine rings is 1. The molecule has 0 atom stereocenters. The van der Waals surface area contributed by atoms with Gasteiger partial charge < -0.3 is 15.4 Å². The molecule has 1 aliphatic heterocycles. The molecule has 0 aromatic carbocycles. The second-order valence-corrected chi connectivity index (χ2v) is 6.41. The molecule has 0 saturated carbocycles. The van der Waals surface area contributed by atoms with Crippen LogP contribution >= 0.6 is 0 Å². The summed E-state index contributed by atoms with van der Waals surface area (Å²) in [7, 11) is 0. The van der Waals surface area contributed by atoms with Gasteiger partial charge >= 0.3 is 0 Å². The summed E-state index contributed by atoms with van der Waals surface area (Å²) in [6.07, 6.45) is 4.55. The van der Waals surface area contributed by atoms with Crippen LogP contribution in [0.15, 0.2) is 12.4 Å². The monoisotopic (exact) mass is 264 g/mol. The molecule has 5 heteroatoms. The standard InChI is InChI=1S/C14H24N4O/c1-13(2)9-18(10-14(3,4)19-13)12-16-7-11(5-6-15)8-17-12/h7-8H,5-6,9-10,15H2,1-4H3. The van der Waals surface area contributed by atoms with E-state index in [2.05, 4.69) is 42.6 Å². The van der Waals surface area contributed by atoms with Crippen LogP contribution in [0.5, 0.6) is 0 Å². The van der Waals surface area contributed by atoms with Crippen LogP contribution in [0.25, 0.3) is 0 Å². The Labute approximate surface area is 115 Å². The summed E-state index contributed by atoms with van der Waals surface area (Å²) in [5.41, 5.74) is 6.22. The normalized spacial score (nSPS) is 21.4. The molecule has 19 heavy (non-hydrogen) atoms. The Morgan fingerprint density at radius 3 is 2.16 bits per heavy atom. The fourth-order valence-corrected chi connectivity index (χ4v) is 2.74. The van der Waals surface area contributed by atoms with Crippen molar-refractivity contribution in [2.45, 2.75) is 45.3 Å². The van der Waals surface area contributed by atoms with Gasteiger partial charge in [-0.15, -0.1) is 0 Å². The molecule has 106 valence electrons. The van der Waals surface area contributed by atoms with Crippen LogP contribution in [-0.2, 0) is 11.2 Å². The van der Waals surface area contributed by atoms with Gasteiger partial charge in [0.25, 0.3) is 0 Å². The summed E-state index contributed by atoms with van der Waals surface area (Å²) in [5.74, 6) is 0.769. The van der Waals surface area contributed by atoms with Crippen LogP contribution in [-0.4, -0.2) is 40.8 Å². The van der Waals surface area contributed by atoms with Crippen molar-refractivity contribution < 1.29 is 4.74 Å². The molecule has 0 amide bonds. The van der Waals surface area contributed by atoms with Gasteiger partial charge in [0.05, 0.1) is 11.2 Å². The molecule has 0 bridgehead atoms. The first-order valence-corrected chi connectivity index (χ1v) is 6.77. The third kappa shape index (κ3) is 3.64. The van der Waals surface area contributed by atoms with E-state index >= 15 is 0 Å². The molecular formula is C14H24N4O. The second-order valence-electron chi connectivity index (χ2n) is 6.41. The van der Waals surface area contributed by atoms with Crippen molar-refractivity contribution >= 4 is 5.95 Å². The number of rotatable bonds is 3. The molecule has 0 spiro atoms. The fraction of sp³-hybridized carbons (Fsp3) is 0.714. The van der Waals surface area contributed by atoms with Crippen molar-refractivity contribution in [3.8, 4) is 0 Å². The number of aromatic nitrogens is 2. The molecule has 1 fully saturated rings. The Balaban J connectivity index is 2.16. The Morgan fingerprint density at radius 2 is 1.68 bits per heavy atom. The average Bonchev–Trinajstić information content (AvgIpc) is 2.26. The first-order valence-electron chi connectivity index (χ1n) is 6.77. The predicted molar refractivity (Wildman–Crippen MR) is 76.2 cm³/mol. The van der Waals surface area contributed by atoms with Crippen LogP contribution in [0.4, 0.5) is 5.95 Å². The highest BCUT2D eigenvalue weighted by atomic mass is 16.5. The lowest BCUT2D eigenvalue weighted by Gasteiger charge is -2.47. The Morgan fingerprint density at radius 1 is 1.16 bits per heavy atom. The van der Waals surface area contributed by atoms with E-state index in [9.17, 15) is 0 Å². The summed E-state index contributed by atoms with van der Waals surface area (Å²) in [5, 5.41) is 0. The van der Waals surface area contributed by atoms with Crippen molar-refractivity contribution in [3.05, 3.63) is 18.0 Å². The minimum absolute atomic E-state index is 0.193. The van der Waals surface area contributed by atoms with Gasteiger partial charge in [-0.2, -0.15) is 0 Å². The molecule has 0 radical (unpaired) electrons. The van der Waals surface area contributed by atoms with Gasteiger partial charge in [-0.25, -0.2) is 9.97 Å². The Bertz CT molecular complexity index is 412. The van der Waals surface area contributed by atoms with Crippen molar-refractivity contribution in [3.63, 3.8) is 0 Å². The molecule has 0 aliphatic carbocycles. The Hall–Kier alpha value is -1.20. The van der Waals surface area contributed by atoms with Gasteiger partial charge in [-0.1, -0.05) is 0 Å². The lowest BCUT2D eigenvalue weighted by Crippen LogP contribution is -2.57. The van der Waals surface area contributed by atoms with E-state index in [0.717, 1.165) is 31.0 Å². The number of nitrogens with zero attached hydrogens (tertiary/aromatic N) is 3. The number of ether oxygens (including phenoxy) is 1. The topological polar surface area (TPSA) is 64.3 Å². The molecule has 2 rings (SSSR count). The summed E-state index contributed by atoms with van der Waals surface area (Å²) < 4.78 is 6.06. The van der Waals surface area contributed by atoms with Gasteiger partial charge in [-0.3, -0.25) is 0 Å². The Kier molecular flexibility index (Phi) is 3.78. The quantitative estimate of drug-likeness (QED) is 0.893. The van der Waals surface area contributed by atoms with Crippen molar-refractivity contribution in [2.75, 3.05) is 24.5 Å². The second kappa shape index (κ2) is 5.06. The van der Waals surface area contributed by atoms with E-state index in [1.54, 1.807) is 0 Å². The first-order chi connectivity index (χ1) is 8.81. The van der Waals surface area contributed by atoms with Gasteiger partial charge in [0.2, 0.25) is 5.95 Å². The van der Waals surface area contributed by atoms with Crippen LogP contribution < -0.4 is 10.6 Å². The van der Waals surface area contributed by atoms with Gasteiger partial charge in [-0.05, 0) is 46.2 Å². The zero-order chi connectivity index (χ0) is 14.1. The molecule has 1 aliphatic rings. The maximum atomic E-state index is 6.06. The first kappa shape index (κ1) is 14.2. The highest BCUT2D eigenvalue weighted by Crippen LogP contribution is 2.29. The van der Waals surface area contributed by atoms with E-state index < -0.39 is 0 Å². The van der Waals surface area contributed by atoms with E-state index in [4.69, 9.17) is 10.5 Å². The van der Waals surface area contributed by atoms with Crippen LogP contribution in [0, 0.1) is 0 Å². The number of anilines is 1. The molecule has 2 heterocycles. The minimum atomic E-state index is -0.193. The van der Waals surface area contributed by atoms with Crippen molar-refractivity contribution in [1.82, 2.24) is 9.97 Å². The molecule has 1 aromatic rings. The maximum absolute atomic E-state index is 6.06. The lowest BCUT2D eigenvalue weighted by atomic mass is 9.99. The molecule has 1 aromatic heterocycles. The summed E-state index contributed by atoms with van der Waals surface area (Å²) in [6, 6.07) is 0. The van der Waals surface area contributed by atoms with Gasteiger partial charge in [0.1, 0.15) is 0 Å². The fourth-order valence-electron chi connectivity index (χ4n) is 2.74. The van der Waals surface area contributed by atoms with Crippen molar-refractivity contribution in [2.24, 2.45) is 5.73 Å². The summed E-state index contributed by atoms with van der Waals surface area (Å²) in [6.45, 7) is 10.6. The predicted octanol–water partition coefficient (Wildman–Crippen LogP) is 1.37. The largest absolute Gasteiger partial charge is 0.366 e. The molecule has 5 nitrogen and oxygen atoms in total. The molecule has 1 saturated heterocycles. The maximum Gasteiger partial charge on any atom is 0.225 e. The minimum Gasteiger partial charge on any atom is -0.366 e. The van der Waals surface area contributed by atoms with Crippen LogP contribution in [0.2, 0.25) is 0 Å². The molecular weight excluding hydrogens is 240 g/mol. The zero-order valence-electron chi connectivity index (χ0n) is 12.3. The van der Waals surface area contributed by atoms with E-state index in [0.29, 0.717) is 6.54 Å². The zero-order valence-corrected chi connectivity index (χ0v) is 12.3. The van der Waals surface area contributed by atoms with Crippen LogP contribution in [0.1, 0.15) is 33.3 Å². The third-order valence-corrected chi connectivity index (χ3v) is 3.10. The SMILES string of the molecule is CC1(C)CN(c2ncc(CCN)cn2)CC(C)(C)O1. The van der Waals surface area contributed by atoms with Gasteiger partial charge in [0, 0.05) is 25.5 Å². The molecule has 2 N–H and O–H groups in total. The third-order valence-electron chi connectivity index (χ3n) is 3.10. The van der Waals surface area contributed by atoms with E-state index in [1.807, 2.05) is 12.4 Å². The lowest BCUT2D eigenvalue weighted by molar-refractivity contribution is -0.133. The summed E-state index contributed by atoms with van der Waals surface area (Å²) >= 11 is 0.